The highest BCUT2D eigenvalue weighted by atomic mass is 16.3. The van der Waals surface area contributed by atoms with E-state index in [9.17, 15) is 4.79 Å². The second-order valence-corrected chi connectivity index (χ2v) is 5.88. The van der Waals surface area contributed by atoms with Crippen LogP contribution in [0.2, 0.25) is 0 Å². The number of carbonyl (C=O) groups excluding carboxylic acids is 1. The van der Waals surface area contributed by atoms with Crippen molar-refractivity contribution in [2.24, 2.45) is 16.6 Å². The highest BCUT2D eigenvalue weighted by Crippen LogP contribution is 2.18. The smallest absolute Gasteiger partial charge is 0.237 e. The average Bonchev–Trinajstić information content (AvgIpc) is 2.11. The Morgan fingerprint density at radius 1 is 1.33 bits per heavy atom. The lowest BCUT2D eigenvalue weighted by molar-refractivity contribution is -0.125. The maximum Gasteiger partial charge on any atom is 0.237 e. The Balaban J connectivity index is 4.17. The molecule has 0 saturated carbocycles. The number of rotatable bonds is 4. The van der Waals surface area contributed by atoms with Crippen molar-refractivity contribution in [1.82, 2.24) is 5.32 Å². The topological polar surface area (TPSA) is 75.3 Å². The van der Waals surface area contributed by atoms with Crippen molar-refractivity contribution in [1.29, 1.82) is 0 Å². The van der Waals surface area contributed by atoms with Gasteiger partial charge in [-0.2, -0.15) is 0 Å². The summed E-state index contributed by atoms with van der Waals surface area (Å²) in [4.78, 5) is 11.6. The summed E-state index contributed by atoms with van der Waals surface area (Å²) in [7, 11) is 0. The van der Waals surface area contributed by atoms with Crippen molar-refractivity contribution >= 4 is 5.91 Å². The summed E-state index contributed by atoms with van der Waals surface area (Å²) in [6.45, 7) is 10.0. The van der Waals surface area contributed by atoms with Gasteiger partial charge in [0.05, 0.1) is 6.04 Å². The first-order chi connectivity index (χ1) is 6.60. The Hall–Kier alpha value is -0.610. The molecule has 0 aromatic rings. The summed E-state index contributed by atoms with van der Waals surface area (Å²) in [5.74, 6) is -0.163. The predicted molar refractivity (Wildman–Crippen MR) is 61.3 cm³/mol. The molecule has 0 bridgehead atoms. The zero-order chi connectivity index (χ0) is 12.3. The van der Waals surface area contributed by atoms with Gasteiger partial charge in [-0.25, -0.2) is 0 Å². The third kappa shape index (κ3) is 5.14. The molecule has 0 aromatic heterocycles. The van der Waals surface area contributed by atoms with Gasteiger partial charge in [0.2, 0.25) is 5.91 Å². The number of nitrogens with two attached hydrogens (primary N) is 1. The SMILES string of the molecule is CC(C)(CO)CNC(=O)[C@@H](N)C(C)(C)C. The minimum absolute atomic E-state index is 0.0397. The molecular formula is C11H24N2O2. The van der Waals surface area contributed by atoms with Crippen molar-refractivity contribution in [2.75, 3.05) is 13.2 Å². The number of hydrogen-bond donors (Lipinski definition) is 3. The molecule has 4 N–H and O–H groups in total. The number of amides is 1. The van der Waals surface area contributed by atoms with E-state index >= 15 is 0 Å². The quantitative estimate of drug-likeness (QED) is 0.640. The maximum absolute atomic E-state index is 11.6. The van der Waals surface area contributed by atoms with Crippen LogP contribution >= 0.6 is 0 Å². The Labute approximate surface area is 92.2 Å². The van der Waals surface area contributed by atoms with Gasteiger partial charge >= 0.3 is 0 Å². The molecule has 1 amide bonds. The van der Waals surface area contributed by atoms with Crippen molar-refractivity contribution in [3.05, 3.63) is 0 Å². The van der Waals surface area contributed by atoms with Gasteiger partial charge in [-0.1, -0.05) is 34.6 Å². The number of carbonyl (C=O) groups is 1. The van der Waals surface area contributed by atoms with Gasteiger partial charge in [0.25, 0.3) is 0 Å². The monoisotopic (exact) mass is 216 g/mol. The summed E-state index contributed by atoms with van der Waals surface area (Å²) in [6.07, 6.45) is 0. The lowest BCUT2D eigenvalue weighted by Gasteiger charge is -2.28. The van der Waals surface area contributed by atoms with E-state index in [1.165, 1.54) is 0 Å². The normalized spacial score (nSPS) is 14.9. The first-order valence-corrected chi connectivity index (χ1v) is 5.24. The van der Waals surface area contributed by atoms with Gasteiger partial charge in [-0.15, -0.1) is 0 Å². The molecule has 4 heteroatoms. The third-order valence-corrected chi connectivity index (χ3v) is 2.38. The van der Waals surface area contributed by atoms with E-state index in [-0.39, 0.29) is 23.3 Å². The van der Waals surface area contributed by atoms with Gasteiger partial charge in [0.15, 0.2) is 0 Å². The molecule has 0 spiro atoms. The summed E-state index contributed by atoms with van der Waals surface area (Å²) in [5, 5.41) is 11.8. The molecule has 0 heterocycles. The van der Waals surface area contributed by atoms with Crippen LogP contribution in [0.25, 0.3) is 0 Å². The van der Waals surface area contributed by atoms with E-state index in [2.05, 4.69) is 5.32 Å². The van der Waals surface area contributed by atoms with Crippen molar-refractivity contribution in [2.45, 2.75) is 40.7 Å². The molecular weight excluding hydrogens is 192 g/mol. The Kier molecular flexibility index (Phi) is 4.74. The zero-order valence-corrected chi connectivity index (χ0v) is 10.4. The van der Waals surface area contributed by atoms with Crippen LogP contribution in [-0.2, 0) is 4.79 Å². The van der Waals surface area contributed by atoms with E-state index in [0.29, 0.717) is 6.54 Å². The van der Waals surface area contributed by atoms with Crippen LogP contribution in [0.5, 0.6) is 0 Å². The van der Waals surface area contributed by atoms with Crippen molar-refractivity contribution in [3.8, 4) is 0 Å². The summed E-state index contributed by atoms with van der Waals surface area (Å²) in [6, 6.07) is -0.521. The lowest BCUT2D eigenvalue weighted by atomic mass is 9.86. The highest BCUT2D eigenvalue weighted by molar-refractivity contribution is 5.82. The molecule has 1 atom stereocenters. The first-order valence-electron chi connectivity index (χ1n) is 5.24. The molecule has 0 aliphatic rings. The standard InChI is InChI=1S/C11H24N2O2/c1-10(2,3)8(12)9(15)13-6-11(4,5)7-14/h8,14H,6-7,12H2,1-5H3,(H,13,15)/t8-/m1/s1. The van der Waals surface area contributed by atoms with Gasteiger partial charge < -0.3 is 16.2 Å². The minimum atomic E-state index is -0.521. The van der Waals surface area contributed by atoms with Crippen LogP contribution < -0.4 is 11.1 Å². The summed E-state index contributed by atoms with van der Waals surface area (Å²) >= 11 is 0. The molecule has 0 fully saturated rings. The average molecular weight is 216 g/mol. The summed E-state index contributed by atoms with van der Waals surface area (Å²) in [5.41, 5.74) is 5.25. The van der Waals surface area contributed by atoms with E-state index in [1.807, 2.05) is 34.6 Å². The number of hydrogen-bond acceptors (Lipinski definition) is 3. The van der Waals surface area contributed by atoms with Crippen LogP contribution in [0, 0.1) is 10.8 Å². The van der Waals surface area contributed by atoms with E-state index in [4.69, 9.17) is 10.8 Å². The predicted octanol–water partition coefficient (Wildman–Crippen LogP) is 0.494. The minimum Gasteiger partial charge on any atom is -0.396 e. The van der Waals surface area contributed by atoms with E-state index in [0.717, 1.165) is 0 Å². The Bertz CT molecular complexity index is 219. The van der Waals surface area contributed by atoms with E-state index in [1.54, 1.807) is 0 Å². The van der Waals surface area contributed by atoms with Gasteiger partial charge in [-0.05, 0) is 5.41 Å². The second kappa shape index (κ2) is 4.94. The maximum atomic E-state index is 11.6. The Morgan fingerprint density at radius 2 is 1.80 bits per heavy atom. The molecule has 0 aliphatic heterocycles. The van der Waals surface area contributed by atoms with Crippen LogP contribution in [-0.4, -0.2) is 30.2 Å². The molecule has 0 saturated heterocycles. The number of nitrogens with one attached hydrogen (secondary N) is 1. The molecule has 0 aliphatic carbocycles. The number of aliphatic hydroxyl groups excluding tert-OH is 1. The van der Waals surface area contributed by atoms with Crippen molar-refractivity contribution in [3.63, 3.8) is 0 Å². The van der Waals surface area contributed by atoms with Crippen LogP contribution in [0.15, 0.2) is 0 Å². The van der Waals surface area contributed by atoms with Crippen LogP contribution in [0.4, 0.5) is 0 Å². The molecule has 0 rings (SSSR count). The number of aliphatic hydroxyl groups is 1. The molecule has 0 unspecified atom stereocenters. The molecule has 0 radical (unpaired) electrons. The Morgan fingerprint density at radius 3 is 2.13 bits per heavy atom. The molecule has 4 nitrogen and oxygen atoms in total. The first kappa shape index (κ1) is 14.4. The zero-order valence-electron chi connectivity index (χ0n) is 10.4. The van der Waals surface area contributed by atoms with Crippen LogP contribution in [0.3, 0.4) is 0 Å². The molecule has 0 aromatic carbocycles. The third-order valence-electron chi connectivity index (χ3n) is 2.38. The second-order valence-electron chi connectivity index (χ2n) is 5.88. The van der Waals surface area contributed by atoms with Gasteiger partial charge in [0, 0.05) is 18.6 Å². The van der Waals surface area contributed by atoms with Gasteiger partial charge in [0.1, 0.15) is 0 Å². The highest BCUT2D eigenvalue weighted by Gasteiger charge is 2.28. The van der Waals surface area contributed by atoms with E-state index < -0.39 is 6.04 Å². The molecule has 90 valence electrons. The van der Waals surface area contributed by atoms with Crippen LogP contribution in [0.1, 0.15) is 34.6 Å². The fourth-order valence-electron chi connectivity index (χ4n) is 0.886. The van der Waals surface area contributed by atoms with Crippen molar-refractivity contribution < 1.29 is 9.90 Å². The largest absolute Gasteiger partial charge is 0.396 e. The summed E-state index contributed by atoms with van der Waals surface area (Å²) < 4.78 is 0. The lowest BCUT2D eigenvalue weighted by Crippen LogP contribution is -2.50. The fourth-order valence-corrected chi connectivity index (χ4v) is 0.886. The van der Waals surface area contributed by atoms with Gasteiger partial charge in [-0.3, -0.25) is 4.79 Å². The fraction of sp³-hybridized carbons (Fsp3) is 0.909. The molecule has 15 heavy (non-hydrogen) atoms.